The first-order valence-corrected chi connectivity index (χ1v) is 6.18. The molecule has 0 saturated heterocycles. The fraction of sp³-hybridized carbons (Fsp3) is 0.467. The first-order chi connectivity index (χ1) is 7.74. The van der Waals surface area contributed by atoms with Gasteiger partial charge in [0.15, 0.2) is 0 Å². The molecule has 0 amide bonds. The Hall–Kier alpha value is -1.08. The van der Waals surface area contributed by atoms with Crippen LogP contribution in [0.25, 0.3) is 6.08 Å². The SMILES string of the molecule is CCCNCCC=Cc1ccc(C)c(C)c1. The minimum Gasteiger partial charge on any atom is -0.316 e. The summed E-state index contributed by atoms with van der Waals surface area (Å²) in [5.41, 5.74) is 4.03. The molecule has 0 radical (unpaired) electrons. The Morgan fingerprint density at radius 2 is 1.94 bits per heavy atom. The lowest BCUT2D eigenvalue weighted by Gasteiger charge is -2.01. The zero-order valence-corrected chi connectivity index (χ0v) is 10.7. The van der Waals surface area contributed by atoms with E-state index in [1.807, 2.05) is 0 Å². The minimum atomic E-state index is 1.08. The molecule has 0 atom stereocenters. The third kappa shape index (κ3) is 4.63. The lowest BCUT2D eigenvalue weighted by Crippen LogP contribution is -2.14. The van der Waals surface area contributed by atoms with Crippen LogP contribution in [0.15, 0.2) is 24.3 Å². The molecule has 0 aromatic heterocycles. The molecule has 0 aliphatic rings. The molecular weight excluding hydrogens is 194 g/mol. The van der Waals surface area contributed by atoms with Crippen molar-refractivity contribution in [3.63, 3.8) is 0 Å². The van der Waals surface area contributed by atoms with Crippen LogP contribution >= 0.6 is 0 Å². The molecule has 0 aliphatic heterocycles. The van der Waals surface area contributed by atoms with Gasteiger partial charge in [0.05, 0.1) is 0 Å². The first kappa shape index (κ1) is 13.0. The molecule has 1 aromatic rings. The molecule has 16 heavy (non-hydrogen) atoms. The molecule has 0 heterocycles. The second kappa shape index (κ2) is 7.24. The van der Waals surface area contributed by atoms with Gasteiger partial charge in [0, 0.05) is 0 Å². The van der Waals surface area contributed by atoms with E-state index in [0.717, 1.165) is 19.5 Å². The van der Waals surface area contributed by atoms with E-state index in [2.05, 4.69) is 56.4 Å². The monoisotopic (exact) mass is 217 g/mol. The van der Waals surface area contributed by atoms with Gasteiger partial charge in [-0.05, 0) is 56.5 Å². The van der Waals surface area contributed by atoms with Crippen molar-refractivity contribution in [2.45, 2.75) is 33.6 Å². The Labute approximate surface area is 99.6 Å². The van der Waals surface area contributed by atoms with Crippen molar-refractivity contribution in [1.29, 1.82) is 0 Å². The predicted octanol–water partition coefficient (Wildman–Crippen LogP) is 3.71. The average molecular weight is 217 g/mol. The number of aryl methyl sites for hydroxylation is 2. The molecule has 0 spiro atoms. The highest BCUT2D eigenvalue weighted by Crippen LogP contribution is 2.11. The van der Waals surface area contributed by atoms with Crippen LogP contribution in [0.1, 0.15) is 36.5 Å². The highest BCUT2D eigenvalue weighted by Gasteiger charge is 1.92. The van der Waals surface area contributed by atoms with Crippen molar-refractivity contribution >= 4 is 6.08 Å². The van der Waals surface area contributed by atoms with Crippen LogP contribution in [0.3, 0.4) is 0 Å². The van der Waals surface area contributed by atoms with Crippen molar-refractivity contribution in [2.24, 2.45) is 0 Å². The highest BCUT2D eigenvalue weighted by atomic mass is 14.8. The normalized spacial score (nSPS) is 11.2. The van der Waals surface area contributed by atoms with Gasteiger partial charge in [0.2, 0.25) is 0 Å². The van der Waals surface area contributed by atoms with Gasteiger partial charge in [-0.3, -0.25) is 0 Å². The first-order valence-electron chi connectivity index (χ1n) is 6.18. The van der Waals surface area contributed by atoms with Crippen LogP contribution in [0.2, 0.25) is 0 Å². The number of hydrogen-bond donors (Lipinski definition) is 1. The molecule has 88 valence electrons. The molecule has 1 N–H and O–H groups in total. The lowest BCUT2D eigenvalue weighted by atomic mass is 10.1. The number of nitrogens with one attached hydrogen (secondary N) is 1. The molecule has 1 nitrogen and oxygen atoms in total. The number of hydrogen-bond acceptors (Lipinski definition) is 1. The van der Waals surface area contributed by atoms with Crippen LogP contribution in [0.5, 0.6) is 0 Å². The van der Waals surface area contributed by atoms with Crippen molar-refractivity contribution in [2.75, 3.05) is 13.1 Å². The summed E-state index contributed by atoms with van der Waals surface area (Å²) in [6, 6.07) is 6.61. The summed E-state index contributed by atoms with van der Waals surface area (Å²) in [5, 5.41) is 3.39. The summed E-state index contributed by atoms with van der Waals surface area (Å²) in [7, 11) is 0. The summed E-state index contributed by atoms with van der Waals surface area (Å²) in [6.45, 7) is 8.71. The van der Waals surface area contributed by atoms with Gasteiger partial charge >= 0.3 is 0 Å². The third-order valence-corrected chi connectivity index (χ3v) is 2.76. The molecule has 0 saturated carbocycles. The van der Waals surface area contributed by atoms with Crippen molar-refractivity contribution in [3.8, 4) is 0 Å². The van der Waals surface area contributed by atoms with E-state index in [1.54, 1.807) is 0 Å². The number of rotatable bonds is 6. The predicted molar refractivity (Wildman–Crippen MR) is 72.7 cm³/mol. The molecule has 0 unspecified atom stereocenters. The largest absolute Gasteiger partial charge is 0.316 e. The van der Waals surface area contributed by atoms with Gasteiger partial charge in [-0.25, -0.2) is 0 Å². The topological polar surface area (TPSA) is 12.0 Å². The molecule has 1 heteroatoms. The quantitative estimate of drug-likeness (QED) is 0.716. The molecule has 1 rings (SSSR count). The molecular formula is C15H23N. The van der Waals surface area contributed by atoms with E-state index in [1.165, 1.54) is 23.1 Å². The van der Waals surface area contributed by atoms with E-state index in [9.17, 15) is 0 Å². The van der Waals surface area contributed by atoms with E-state index < -0.39 is 0 Å². The van der Waals surface area contributed by atoms with Crippen molar-refractivity contribution in [1.82, 2.24) is 5.32 Å². The molecule has 0 fully saturated rings. The van der Waals surface area contributed by atoms with E-state index in [4.69, 9.17) is 0 Å². The zero-order chi connectivity index (χ0) is 11.8. The zero-order valence-electron chi connectivity index (χ0n) is 10.7. The Morgan fingerprint density at radius 1 is 1.12 bits per heavy atom. The Balaban J connectivity index is 2.35. The fourth-order valence-corrected chi connectivity index (χ4v) is 1.57. The van der Waals surface area contributed by atoms with Crippen molar-refractivity contribution < 1.29 is 0 Å². The molecule has 0 aliphatic carbocycles. The van der Waals surface area contributed by atoms with Gasteiger partial charge in [-0.2, -0.15) is 0 Å². The number of benzene rings is 1. The van der Waals surface area contributed by atoms with Crippen LogP contribution in [-0.2, 0) is 0 Å². The molecule has 1 aromatic carbocycles. The van der Waals surface area contributed by atoms with Crippen LogP contribution in [0, 0.1) is 13.8 Å². The van der Waals surface area contributed by atoms with Gasteiger partial charge in [-0.15, -0.1) is 0 Å². The smallest absolute Gasteiger partial charge is 0.00142 e. The fourth-order valence-electron chi connectivity index (χ4n) is 1.57. The minimum absolute atomic E-state index is 1.08. The summed E-state index contributed by atoms with van der Waals surface area (Å²) < 4.78 is 0. The lowest BCUT2D eigenvalue weighted by molar-refractivity contribution is 0.679. The Bertz CT molecular complexity index is 339. The second-order valence-electron chi connectivity index (χ2n) is 4.28. The van der Waals surface area contributed by atoms with Gasteiger partial charge < -0.3 is 5.32 Å². The Morgan fingerprint density at radius 3 is 2.62 bits per heavy atom. The van der Waals surface area contributed by atoms with E-state index in [-0.39, 0.29) is 0 Å². The van der Waals surface area contributed by atoms with Gasteiger partial charge in [0.1, 0.15) is 0 Å². The van der Waals surface area contributed by atoms with E-state index >= 15 is 0 Å². The summed E-state index contributed by atoms with van der Waals surface area (Å²) >= 11 is 0. The van der Waals surface area contributed by atoms with E-state index in [0.29, 0.717) is 0 Å². The summed E-state index contributed by atoms with van der Waals surface area (Å²) in [4.78, 5) is 0. The summed E-state index contributed by atoms with van der Waals surface area (Å²) in [6.07, 6.45) is 6.76. The van der Waals surface area contributed by atoms with Gasteiger partial charge in [0.25, 0.3) is 0 Å². The maximum atomic E-state index is 3.39. The Kier molecular flexibility index (Phi) is 5.87. The maximum absolute atomic E-state index is 3.39. The van der Waals surface area contributed by atoms with Crippen molar-refractivity contribution in [3.05, 3.63) is 41.0 Å². The third-order valence-electron chi connectivity index (χ3n) is 2.76. The van der Waals surface area contributed by atoms with Crippen LogP contribution in [-0.4, -0.2) is 13.1 Å². The van der Waals surface area contributed by atoms with Crippen LogP contribution in [0.4, 0.5) is 0 Å². The summed E-state index contributed by atoms with van der Waals surface area (Å²) in [5.74, 6) is 0. The second-order valence-corrected chi connectivity index (χ2v) is 4.28. The highest BCUT2D eigenvalue weighted by molar-refractivity contribution is 5.51. The molecule has 0 bridgehead atoms. The maximum Gasteiger partial charge on any atom is -0.00142 e. The van der Waals surface area contributed by atoms with Gasteiger partial charge in [-0.1, -0.05) is 37.3 Å². The average Bonchev–Trinajstić information content (AvgIpc) is 2.28. The van der Waals surface area contributed by atoms with Crippen LogP contribution < -0.4 is 5.32 Å². The standard InChI is InChI=1S/C15H23N/c1-4-10-16-11-6-5-7-15-9-8-13(2)14(3)12-15/h5,7-9,12,16H,4,6,10-11H2,1-3H3.